The zero-order valence-corrected chi connectivity index (χ0v) is 12.9. The quantitative estimate of drug-likeness (QED) is 0.791. The van der Waals surface area contributed by atoms with E-state index >= 15 is 0 Å². The van der Waals surface area contributed by atoms with E-state index in [-0.39, 0.29) is 0 Å². The average molecular weight is 289 g/mol. The minimum absolute atomic E-state index is 0.359. The number of nitrogens with two attached hydrogens (primary N) is 1. The van der Waals surface area contributed by atoms with Gasteiger partial charge >= 0.3 is 5.76 Å². The Morgan fingerprint density at radius 3 is 2.57 bits per heavy atom. The zero-order chi connectivity index (χ0) is 15.2. The van der Waals surface area contributed by atoms with Crippen molar-refractivity contribution in [1.29, 1.82) is 0 Å². The number of aromatic nitrogens is 1. The van der Waals surface area contributed by atoms with Crippen molar-refractivity contribution in [2.75, 3.05) is 23.7 Å². The fourth-order valence-corrected chi connectivity index (χ4v) is 3.26. The molecule has 1 aromatic carbocycles. The molecule has 1 aliphatic rings. The summed E-state index contributed by atoms with van der Waals surface area (Å²) in [4.78, 5) is 16.3. The Morgan fingerprint density at radius 1 is 1.29 bits per heavy atom. The second-order valence-corrected chi connectivity index (χ2v) is 7.05. The van der Waals surface area contributed by atoms with Gasteiger partial charge in [0, 0.05) is 19.2 Å². The molecule has 0 unspecified atom stereocenters. The second kappa shape index (κ2) is 4.83. The summed E-state index contributed by atoms with van der Waals surface area (Å²) in [5.74, 6) is 0.306. The lowest BCUT2D eigenvalue weighted by molar-refractivity contribution is 0.199. The van der Waals surface area contributed by atoms with Gasteiger partial charge in [0.2, 0.25) is 0 Å². The summed E-state index contributed by atoms with van der Waals surface area (Å²) < 4.78 is 5.04. The van der Waals surface area contributed by atoms with Gasteiger partial charge in [-0.25, -0.2) is 4.79 Å². The van der Waals surface area contributed by atoms with Crippen LogP contribution < -0.4 is 16.4 Å². The van der Waals surface area contributed by atoms with Crippen LogP contribution in [-0.2, 0) is 0 Å². The predicted octanol–water partition coefficient (Wildman–Crippen LogP) is 2.97. The summed E-state index contributed by atoms with van der Waals surface area (Å²) in [5, 5.41) is 0. The lowest BCUT2D eigenvalue weighted by Gasteiger charge is -2.40. The molecule has 5 nitrogen and oxygen atoms in total. The van der Waals surface area contributed by atoms with Crippen molar-refractivity contribution in [3.05, 3.63) is 22.7 Å². The smallest absolute Gasteiger partial charge is 0.408 e. The number of nitrogen functional groups attached to an aromatic ring is 1. The molecule has 0 spiro atoms. The van der Waals surface area contributed by atoms with E-state index in [1.807, 2.05) is 6.07 Å². The van der Waals surface area contributed by atoms with Gasteiger partial charge in [0.15, 0.2) is 5.58 Å². The largest absolute Gasteiger partial charge is 0.417 e. The Bertz CT molecular complexity index is 700. The van der Waals surface area contributed by atoms with Crippen LogP contribution in [0, 0.1) is 11.3 Å². The highest BCUT2D eigenvalue weighted by Crippen LogP contribution is 2.37. The standard InChI is InChI=1S/C16H23N3O2/c1-16(2,3)10-4-6-19(7-5-10)13-9-12-14(8-11(13)17)21-15(20)18-12/h8-10H,4-7,17H2,1-3H3,(H,18,20). The van der Waals surface area contributed by atoms with E-state index < -0.39 is 5.76 Å². The molecular formula is C16H23N3O2. The van der Waals surface area contributed by atoms with Crippen LogP contribution in [0.25, 0.3) is 11.1 Å². The summed E-state index contributed by atoms with van der Waals surface area (Å²) in [6, 6.07) is 3.66. The van der Waals surface area contributed by atoms with Crippen LogP contribution in [0.4, 0.5) is 11.4 Å². The van der Waals surface area contributed by atoms with Gasteiger partial charge in [-0.3, -0.25) is 4.98 Å². The number of rotatable bonds is 1. The second-order valence-electron chi connectivity index (χ2n) is 7.05. The SMILES string of the molecule is CC(C)(C)C1CCN(c2cc3[nH]c(=O)oc3cc2N)CC1. The van der Waals surface area contributed by atoms with Crippen LogP contribution in [0.15, 0.2) is 21.3 Å². The van der Waals surface area contributed by atoms with Crippen molar-refractivity contribution in [3.8, 4) is 0 Å². The topological polar surface area (TPSA) is 75.3 Å². The molecule has 1 aliphatic heterocycles. The molecule has 0 bridgehead atoms. The molecule has 1 saturated heterocycles. The Labute approximate surface area is 124 Å². The van der Waals surface area contributed by atoms with Crippen LogP contribution in [0.3, 0.4) is 0 Å². The Hall–Kier alpha value is -1.91. The molecule has 1 fully saturated rings. The maximum absolute atomic E-state index is 11.3. The summed E-state index contributed by atoms with van der Waals surface area (Å²) >= 11 is 0. The Morgan fingerprint density at radius 2 is 1.95 bits per heavy atom. The van der Waals surface area contributed by atoms with E-state index in [0.29, 0.717) is 22.2 Å². The molecule has 1 aromatic heterocycles. The Kier molecular flexibility index (Phi) is 3.23. The molecule has 0 amide bonds. The van der Waals surface area contributed by atoms with Crippen LogP contribution in [0.5, 0.6) is 0 Å². The number of hydrogen-bond acceptors (Lipinski definition) is 4. The highest BCUT2D eigenvalue weighted by molar-refractivity contribution is 5.85. The summed E-state index contributed by atoms with van der Waals surface area (Å²) in [6.07, 6.45) is 2.34. The number of anilines is 2. The normalized spacial score (nSPS) is 17.6. The first-order valence-corrected chi connectivity index (χ1v) is 7.52. The van der Waals surface area contributed by atoms with E-state index in [1.54, 1.807) is 6.07 Å². The van der Waals surface area contributed by atoms with Gasteiger partial charge in [-0.15, -0.1) is 0 Å². The van der Waals surface area contributed by atoms with E-state index in [0.717, 1.165) is 24.7 Å². The highest BCUT2D eigenvalue weighted by Gasteiger charge is 2.29. The fraction of sp³-hybridized carbons (Fsp3) is 0.562. The molecule has 2 heterocycles. The first-order valence-electron chi connectivity index (χ1n) is 7.52. The molecular weight excluding hydrogens is 266 g/mol. The number of aromatic amines is 1. The van der Waals surface area contributed by atoms with E-state index in [1.165, 1.54) is 12.8 Å². The van der Waals surface area contributed by atoms with Gasteiger partial charge < -0.3 is 15.1 Å². The van der Waals surface area contributed by atoms with Crippen LogP contribution >= 0.6 is 0 Å². The maximum atomic E-state index is 11.3. The number of oxazole rings is 1. The highest BCUT2D eigenvalue weighted by atomic mass is 16.4. The summed E-state index contributed by atoms with van der Waals surface area (Å²) in [7, 11) is 0. The fourth-order valence-electron chi connectivity index (χ4n) is 3.26. The monoisotopic (exact) mass is 289 g/mol. The first kappa shape index (κ1) is 14.0. The molecule has 0 aliphatic carbocycles. The van der Waals surface area contributed by atoms with Crippen molar-refractivity contribution < 1.29 is 4.42 Å². The number of benzene rings is 1. The average Bonchev–Trinajstić information content (AvgIpc) is 2.76. The van der Waals surface area contributed by atoms with E-state index in [2.05, 4.69) is 30.7 Å². The van der Waals surface area contributed by atoms with Crippen LogP contribution in [-0.4, -0.2) is 18.1 Å². The van der Waals surface area contributed by atoms with Gasteiger partial charge in [-0.2, -0.15) is 0 Å². The van der Waals surface area contributed by atoms with Gasteiger partial charge in [0.1, 0.15) is 0 Å². The van der Waals surface area contributed by atoms with E-state index in [4.69, 9.17) is 10.2 Å². The summed E-state index contributed by atoms with van der Waals surface area (Å²) in [6.45, 7) is 8.93. The third-order valence-electron chi connectivity index (χ3n) is 4.63. The minimum atomic E-state index is -0.437. The van der Waals surface area contributed by atoms with Crippen molar-refractivity contribution >= 4 is 22.5 Å². The van der Waals surface area contributed by atoms with Gasteiger partial charge in [0.25, 0.3) is 0 Å². The zero-order valence-electron chi connectivity index (χ0n) is 12.9. The minimum Gasteiger partial charge on any atom is -0.408 e. The number of H-pyrrole nitrogens is 1. The first-order chi connectivity index (χ1) is 9.84. The number of nitrogens with one attached hydrogen (secondary N) is 1. The molecule has 2 aromatic rings. The van der Waals surface area contributed by atoms with Crippen LogP contribution in [0.2, 0.25) is 0 Å². The van der Waals surface area contributed by atoms with Crippen molar-refractivity contribution in [1.82, 2.24) is 4.98 Å². The number of hydrogen-bond donors (Lipinski definition) is 2. The molecule has 0 saturated carbocycles. The third-order valence-corrected chi connectivity index (χ3v) is 4.63. The van der Waals surface area contributed by atoms with Crippen molar-refractivity contribution in [3.63, 3.8) is 0 Å². The van der Waals surface area contributed by atoms with Crippen molar-refractivity contribution in [2.24, 2.45) is 11.3 Å². The maximum Gasteiger partial charge on any atom is 0.417 e. The van der Waals surface area contributed by atoms with Crippen molar-refractivity contribution in [2.45, 2.75) is 33.6 Å². The third kappa shape index (κ3) is 2.64. The molecule has 0 atom stereocenters. The predicted molar refractivity (Wildman–Crippen MR) is 85.6 cm³/mol. The van der Waals surface area contributed by atoms with E-state index in [9.17, 15) is 4.79 Å². The van der Waals surface area contributed by atoms with Crippen LogP contribution in [0.1, 0.15) is 33.6 Å². The molecule has 0 radical (unpaired) electrons. The molecule has 5 heteroatoms. The van der Waals surface area contributed by atoms with Gasteiger partial charge in [-0.1, -0.05) is 20.8 Å². The van der Waals surface area contributed by atoms with Gasteiger partial charge in [0.05, 0.1) is 16.9 Å². The molecule has 3 rings (SSSR count). The molecule has 3 N–H and O–H groups in total. The lowest BCUT2D eigenvalue weighted by Crippen LogP contribution is -2.38. The number of nitrogens with zero attached hydrogens (tertiary/aromatic N) is 1. The summed E-state index contributed by atoms with van der Waals surface area (Å²) in [5.41, 5.74) is 9.38. The molecule has 21 heavy (non-hydrogen) atoms. The number of piperidine rings is 1. The number of fused-ring (bicyclic) bond motifs is 1. The lowest BCUT2D eigenvalue weighted by atomic mass is 9.75. The molecule has 114 valence electrons. The Balaban J connectivity index is 1.85. The van der Waals surface area contributed by atoms with Gasteiger partial charge in [-0.05, 0) is 30.2 Å².